The highest BCUT2D eigenvalue weighted by Gasteiger charge is 2.37. The molecule has 4 nitrogen and oxygen atoms in total. The molecule has 1 aromatic heterocycles. The molecule has 0 radical (unpaired) electrons. The summed E-state index contributed by atoms with van der Waals surface area (Å²) in [4.78, 5) is 19.5. The second kappa shape index (κ2) is 6.58. The van der Waals surface area contributed by atoms with Crippen molar-refractivity contribution in [3.8, 4) is 0 Å². The number of amides is 1. The lowest BCUT2D eigenvalue weighted by Crippen LogP contribution is -2.35. The monoisotopic (exact) mass is 351 g/mol. The van der Waals surface area contributed by atoms with E-state index in [1.54, 1.807) is 0 Å². The summed E-state index contributed by atoms with van der Waals surface area (Å²) in [6.45, 7) is 2.48. The minimum absolute atomic E-state index is 0.0131. The van der Waals surface area contributed by atoms with Crippen molar-refractivity contribution < 1.29 is 4.79 Å². The van der Waals surface area contributed by atoms with Crippen LogP contribution in [0.2, 0.25) is 0 Å². The second-order valence-corrected chi connectivity index (χ2v) is 7.50. The van der Waals surface area contributed by atoms with Crippen molar-refractivity contribution in [3.63, 3.8) is 0 Å². The number of hydrogen-bond donors (Lipinski definition) is 1. The molecule has 1 aliphatic carbocycles. The average Bonchev–Trinajstić information content (AvgIpc) is 3.36. The fourth-order valence-electron chi connectivity index (χ4n) is 3.27. The number of rotatable bonds is 5. The summed E-state index contributed by atoms with van der Waals surface area (Å²) in [6.07, 6.45) is 2.13. The van der Waals surface area contributed by atoms with E-state index < -0.39 is 0 Å². The second-order valence-electron chi connectivity index (χ2n) is 6.56. The quantitative estimate of drug-likeness (QED) is 0.752. The van der Waals surface area contributed by atoms with Gasteiger partial charge < -0.3 is 10.6 Å². The maximum absolute atomic E-state index is 13.1. The third-order valence-corrected chi connectivity index (χ3v) is 5.66. The number of nitrogens with zero attached hydrogens (tertiary/aromatic N) is 2. The van der Waals surface area contributed by atoms with Crippen LogP contribution in [0.3, 0.4) is 0 Å². The molecule has 1 amide bonds. The summed E-state index contributed by atoms with van der Waals surface area (Å²) in [5.41, 5.74) is 7.32. The largest absolute Gasteiger partial charge is 0.328 e. The summed E-state index contributed by atoms with van der Waals surface area (Å²) in [5.74, 6) is 0.0131. The number of carbonyl (C=O) groups excluding carboxylic acids is 1. The molecule has 0 spiro atoms. The summed E-state index contributed by atoms with van der Waals surface area (Å²) in [6, 6.07) is 15.1. The van der Waals surface area contributed by atoms with Crippen LogP contribution in [0.1, 0.15) is 46.9 Å². The zero-order valence-corrected chi connectivity index (χ0v) is 15.0. The molecular weight excluding hydrogens is 330 g/mol. The lowest BCUT2D eigenvalue weighted by atomic mass is 10.0. The zero-order valence-electron chi connectivity index (χ0n) is 14.2. The first-order valence-corrected chi connectivity index (χ1v) is 9.51. The van der Waals surface area contributed by atoms with Gasteiger partial charge in [0.25, 0.3) is 5.91 Å². The van der Waals surface area contributed by atoms with Crippen LogP contribution in [0.4, 0.5) is 0 Å². The van der Waals surface area contributed by atoms with E-state index in [1.165, 1.54) is 22.1 Å². The molecule has 128 valence electrons. The van der Waals surface area contributed by atoms with Gasteiger partial charge in [0.2, 0.25) is 0 Å². The van der Waals surface area contributed by atoms with Crippen molar-refractivity contribution in [3.05, 3.63) is 64.1 Å². The van der Waals surface area contributed by atoms with Crippen molar-refractivity contribution in [1.82, 2.24) is 9.88 Å². The van der Waals surface area contributed by atoms with E-state index in [4.69, 9.17) is 5.73 Å². The van der Waals surface area contributed by atoms with Gasteiger partial charge in [0.1, 0.15) is 10.7 Å². The standard InChI is InChI=1S/C20H21N3OS/c1-13(15-7-6-14-4-2-3-5-16(14)10-15)23(17-8-9-17)20(24)18-12-25-19(11-21)22-18/h2-7,10,12-13,17H,8-9,11,21H2,1H3. The normalized spacial score (nSPS) is 15.3. The molecule has 1 unspecified atom stereocenters. The molecule has 0 aliphatic heterocycles. The molecule has 4 rings (SSSR count). The van der Waals surface area contributed by atoms with Crippen molar-refractivity contribution in [1.29, 1.82) is 0 Å². The van der Waals surface area contributed by atoms with E-state index in [2.05, 4.69) is 42.2 Å². The first kappa shape index (κ1) is 16.2. The van der Waals surface area contributed by atoms with Crippen LogP contribution in [0.5, 0.6) is 0 Å². The van der Waals surface area contributed by atoms with Gasteiger partial charge in [0, 0.05) is 18.0 Å². The Labute approximate surface area is 151 Å². The molecule has 1 atom stereocenters. The lowest BCUT2D eigenvalue weighted by Gasteiger charge is -2.29. The molecule has 2 N–H and O–H groups in total. The van der Waals surface area contributed by atoms with E-state index in [0.29, 0.717) is 18.3 Å². The van der Waals surface area contributed by atoms with Gasteiger partial charge in [0.15, 0.2) is 0 Å². The van der Waals surface area contributed by atoms with E-state index in [0.717, 1.165) is 23.4 Å². The van der Waals surface area contributed by atoms with Gasteiger partial charge in [-0.3, -0.25) is 4.79 Å². The molecule has 1 fully saturated rings. The van der Waals surface area contributed by atoms with Gasteiger partial charge in [-0.1, -0.05) is 36.4 Å². The minimum atomic E-state index is 0.0131. The van der Waals surface area contributed by atoms with E-state index in [1.807, 2.05) is 22.4 Å². The fraction of sp³-hybridized carbons (Fsp3) is 0.300. The predicted molar refractivity (Wildman–Crippen MR) is 102 cm³/mol. The summed E-state index contributed by atoms with van der Waals surface area (Å²) in [7, 11) is 0. The maximum atomic E-state index is 13.1. The topological polar surface area (TPSA) is 59.2 Å². The number of hydrogen-bond acceptors (Lipinski definition) is 4. The van der Waals surface area contributed by atoms with Crippen molar-refractivity contribution in [2.75, 3.05) is 0 Å². The lowest BCUT2D eigenvalue weighted by molar-refractivity contribution is 0.0668. The zero-order chi connectivity index (χ0) is 17.4. The van der Waals surface area contributed by atoms with Crippen LogP contribution in [0, 0.1) is 0 Å². The highest BCUT2D eigenvalue weighted by molar-refractivity contribution is 7.09. The van der Waals surface area contributed by atoms with Crippen LogP contribution in [0.25, 0.3) is 10.8 Å². The van der Waals surface area contributed by atoms with E-state index in [9.17, 15) is 4.79 Å². The van der Waals surface area contributed by atoms with E-state index in [-0.39, 0.29) is 11.9 Å². The minimum Gasteiger partial charge on any atom is -0.328 e. The highest BCUT2D eigenvalue weighted by Crippen LogP contribution is 2.36. The molecule has 1 aliphatic rings. The Kier molecular flexibility index (Phi) is 4.27. The van der Waals surface area contributed by atoms with Crippen LogP contribution in [-0.4, -0.2) is 21.8 Å². The number of fused-ring (bicyclic) bond motifs is 1. The van der Waals surface area contributed by atoms with Crippen LogP contribution in [-0.2, 0) is 6.54 Å². The average molecular weight is 351 g/mol. The Balaban J connectivity index is 1.66. The number of aromatic nitrogens is 1. The van der Waals surface area contributed by atoms with Crippen molar-refractivity contribution >= 4 is 28.0 Å². The number of carbonyl (C=O) groups is 1. The Morgan fingerprint density at radius 2 is 2.04 bits per heavy atom. The number of nitrogens with two attached hydrogens (primary N) is 1. The third kappa shape index (κ3) is 3.17. The SMILES string of the molecule is CC(c1ccc2ccccc2c1)N(C(=O)c1csc(CN)n1)C1CC1. The fourth-order valence-corrected chi connectivity index (χ4v) is 3.92. The smallest absolute Gasteiger partial charge is 0.274 e. The Bertz CT molecular complexity index is 916. The molecule has 25 heavy (non-hydrogen) atoms. The number of thiazole rings is 1. The number of benzene rings is 2. The highest BCUT2D eigenvalue weighted by atomic mass is 32.1. The van der Waals surface area contributed by atoms with Crippen molar-refractivity contribution in [2.24, 2.45) is 5.73 Å². The third-order valence-electron chi connectivity index (χ3n) is 4.79. The van der Waals surface area contributed by atoms with Gasteiger partial charge in [-0.15, -0.1) is 11.3 Å². The van der Waals surface area contributed by atoms with Gasteiger partial charge >= 0.3 is 0 Å². The molecule has 5 heteroatoms. The van der Waals surface area contributed by atoms with E-state index >= 15 is 0 Å². The summed E-state index contributed by atoms with van der Waals surface area (Å²) < 4.78 is 0. The molecular formula is C20H21N3OS. The van der Waals surface area contributed by atoms with Gasteiger partial charge in [0.05, 0.1) is 6.04 Å². The Morgan fingerprint density at radius 1 is 1.28 bits per heavy atom. The van der Waals surface area contributed by atoms with Crippen LogP contribution < -0.4 is 5.73 Å². The summed E-state index contributed by atoms with van der Waals surface area (Å²) >= 11 is 1.45. The van der Waals surface area contributed by atoms with Gasteiger partial charge in [-0.05, 0) is 42.2 Å². The molecule has 2 aromatic carbocycles. The van der Waals surface area contributed by atoms with Crippen molar-refractivity contribution in [2.45, 2.75) is 38.4 Å². The van der Waals surface area contributed by atoms with Crippen LogP contribution in [0.15, 0.2) is 47.8 Å². The summed E-state index contributed by atoms with van der Waals surface area (Å²) in [5, 5.41) is 5.05. The van der Waals surface area contributed by atoms with Gasteiger partial charge in [-0.25, -0.2) is 4.98 Å². The Hall–Kier alpha value is -2.24. The predicted octanol–water partition coefficient (Wildman–Crippen LogP) is 4.12. The first-order valence-electron chi connectivity index (χ1n) is 8.63. The van der Waals surface area contributed by atoms with Crippen LogP contribution >= 0.6 is 11.3 Å². The molecule has 3 aromatic rings. The molecule has 1 saturated carbocycles. The maximum Gasteiger partial charge on any atom is 0.274 e. The Morgan fingerprint density at radius 3 is 2.72 bits per heavy atom. The molecule has 1 heterocycles. The molecule has 0 bridgehead atoms. The first-order chi connectivity index (χ1) is 12.2. The molecule has 0 saturated heterocycles. The van der Waals surface area contributed by atoms with Gasteiger partial charge in [-0.2, -0.15) is 0 Å².